The Bertz CT molecular complexity index is 1180. The van der Waals surface area contributed by atoms with E-state index in [0.717, 1.165) is 39.1 Å². The Morgan fingerprint density at radius 1 is 1.08 bits per heavy atom. The quantitative estimate of drug-likeness (QED) is 0.511. The molecule has 0 saturated heterocycles. The zero-order valence-electron chi connectivity index (χ0n) is 16.0. The molecule has 0 unspecified atom stereocenters. The van der Waals surface area contributed by atoms with E-state index in [9.17, 15) is 0 Å². The average molecular weight is 345 g/mol. The Labute approximate surface area is 153 Å². The molecule has 1 aromatic carbocycles. The summed E-state index contributed by atoms with van der Waals surface area (Å²) in [6.07, 6.45) is 3.54. The minimum atomic E-state index is -0.760. The SMILES string of the molecule is [2H]C(C)(C)N1CN(c2c(C)ccc3c2oc2ncccc23)c2ncccc21. The van der Waals surface area contributed by atoms with E-state index in [4.69, 9.17) is 5.79 Å². The molecule has 26 heavy (non-hydrogen) atoms. The van der Waals surface area contributed by atoms with Gasteiger partial charge < -0.3 is 14.2 Å². The fourth-order valence-electron chi connectivity index (χ4n) is 3.74. The van der Waals surface area contributed by atoms with Gasteiger partial charge in [0.05, 0.1) is 19.4 Å². The first kappa shape index (κ1) is 14.1. The molecule has 0 N–H and O–H groups in total. The van der Waals surface area contributed by atoms with Crippen LogP contribution in [0.1, 0.15) is 20.8 Å². The minimum Gasteiger partial charge on any atom is -0.435 e. The van der Waals surface area contributed by atoms with E-state index in [-0.39, 0.29) is 0 Å². The highest BCUT2D eigenvalue weighted by Crippen LogP contribution is 2.45. The van der Waals surface area contributed by atoms with Gasteiger partial charge in [0.25, 0.3) is 0 Å². The van der Waals surface area contributed by atoms with Crippen LogP contribution in [0.15, 0.2) is 53.2 Å². The summed E-state index contributed by atoms with van der Waals surface area (Å²) in [7, 11) is 0. The van der Waals surface area contributed by atoms with Crippen LogP contribution in [0.25, 0.3) is 22.1 Å². The fourth-order valence-corrected chi connectivity index (χ4v) is 3.74. The predicted octanol–water partition coefficient (Wildman–Crippen LogP) is 5.01. The van der Waals surface area contributed by atoms with Crippen LogP contribution in [0.5, 0.6) is 0 Å². The van der Waals surface area contributed by atoms with Gasteiger partial charge in [-0.2, -0.15) is 0 Å². The fraction of sp³-hybridized carbons (Fsp3) is 0.238. The van der Waals surface area contributed by atoms with Gasteiger partial charge in [0.2, 0.25) is 5.71 Å². The first-order valence-electron chi connectivity index (χ1n) is 9.22. The van der Waals surface area contributed by atoms with Gasteiger partial charge in [0.1, 0.15) is 0 Å². The van der Waals surface area contributed by atoms with Crippen molar-refractivity contribution < 1.29 is 5.79 Å². The van der Waals surface area contributed by atoms with Gasteiger partial charge in [-0.3, -0.25) is 0 Å². The molecule has 5 heteroatoms. The third-order valence-corrected chi connectivity index (χ3v) is 5.00. The van der Waals surface area contributed by atoms with E-state index in [1.807, 2.05) is 38.1 Å². The normalized spacial score (nSPS) is 15.0. The molecule has 0 aliphatic carbocycles. The zero-order chi connectivity index (χ0) is 18.8. The van der Waals surface area contributed by atoms with Crippen molar-refractivity contribution in [3.05, 3.63) is 54.4 Å². The molecule has 1 aliphatic heterocycles. The molecule has 0 atom stereocenters. The summed E-state index contributed by atoms with van der Waals surface area (Å²) in [5, 5.41) is 2.05. The van der Waals surface area contributed by atoms with Gasteiger partial charge in [0.15, 0.2) is 11.4 Å². The molecule has 5 nitrogen and oxygen atoms in total. The van der Waals surface area contributed by atoms with Crippen LogP contribution in [0.4, 0.5) is 17.2 Å². The van der Waals surface area contributed by atoms with E-state index in [0.29, 0.717) is 12.4 Å². The Kier molecular flexibility index (Phi) is 2.97. The van der Waals surface area contributed by atoms with Crippen LogP contribution in [-0.4, -0.2) is 22.7 Å². The van der Waals surface area contributed by atoms with Gasteiger partial charge in [-0.05, 0) is 50.6 Å². The lowest BCUT2D eigenvalue weighted by atomic mass is 10.1. The second-order valence-electron chi connectivity index (χ2n) is 6.86. The summed E-state index contributed by atoms with van der Waals surface area (Å²) in [5.41, 5.74) is 4.49. The summed E-state index contributed by atoms with van der Waals surface area (Å²) in [6, 6.07) is 11.3. The smallest absolute Gasteiger partial charge is 0.227 e. The zero-order valence-corrected chi connectivity index (χ0v) is 15.0. The molecule has 1 aliphatic rings. The van der Waals surface area contributed by atoms with Crippen molar-refractivity contribution in [2.75, 3.05) is 16.5 Å². The number of hydrogen-bond donors (Lipinski definition) is 0. The van der Waals surface area contributed by atoms with Crippen molar-refractivity contribution in [3.8, 4) is 0 Å². The lowest BCUT2D eigenvalue weighted by molar-refractivity contribution is 0.651. The van der Waals surface area contributed by atoms with Crippen LogP contribution < -0.4 is 9.80 Å². The monoisotopic (exact) mass is 345 g/mol. The van der Waals surface area contributed by atoms with Crippen LogP contribution in [0.3, 0.4) is 0 Å². The topological polar surface area (TPSA) is 45.4 Å². The molecular formula is C21H20N4O. The molecule has 0 radical (unpaired) electrons. The number of pyridine rings is 2. The summed E-state index contributed by atoms with van der Waals surface area (Å²) >= 11 is 0. The number of benzene rings is 1. The molecule has 0 bridgehead atoms. The van der Waals surface area contributed by atoms with E-state index < -0.39 is 6.02 Å². The van der Waals surface area contributed by atoms with E-state index in [1.165, 1.54) is 0 Å². The van der Waals surface area contributed by atoms with Crippen LogP contribution in [0, 0.1) is 6.92 Å². The van der Waals surface area contributed by atoms with Crippen molar-refractivity contribution in [1.29, 1.82) is 0 Å². The Balaban J connectivity index is 1.78. The molecular weight excluding hydrogens is 324 g/mol. The number of hydrogen-bond acceptors (Lipinski definition) is 5. The summed E-state index contributed by atoms with van der Waals surface area (Å²) in [6.45, 7) is 6.41. The molecule has 130 valence electrons. The molecule has 5 rings (SSSR count). The number of aryl methyl sites for hydroxylation is 1. The number of fused-ring (bicyclic) bond motifs is 4. The van der Waals surface area contributed by atoms with Crippen LogP contribution >= 0.6 is 0 Å². The average Bonchev–Trinajstić information content (AvgIpc) is 3.20. The van der Waals surface area contributed by atoms with Crippen molar-refractivity contribution in [1.82, 2.24) is 9.97 Å². The lowest BCUT2D eigenvalue weighted by Gasteiger charge is -2.25. The number of nitrogens with zero attached hydrogens (tertiary/aromatic N) is 4. The maximum atomic E-state index is 8.55. The summed E-state index contributed by atoms with van der Waals surface area (Å²) in [5.74, 6) is 0.849. The third kappa shape index (κ3) is 2.03. The standard InChI is InChI=1S/C21H20N4O/c1-13(2)24-12-25(20-17(24)7-5-10-22-20)18-14(3)8-9-15-16-6-4-11-23-21(16)26-19(15)18/h4-11,13H,12H2,1-3H3/i13D. The molecule has 4 heterocycles. The highest BCUT2D eigenvalue weighted by Gasteiger charge is 2.32. The summed E-state index contributed by atoms with van der Waals surface area (Å²) in [4.78, 5) is 13.2. The second-order valence-corrected chi connectivity index (χ2v) is 6.86. The van der Waals surface area contributed by atoms with Crippen molar-refractivity contribution in [2.24, 2.45) is 0 Å². The van der Waals surface area contributed by atoms with Crippen LogP contribution in [0.2, 0.25) is 0 Å². The number of anilines is 3. The largest absolute Gasteiger partial charge is 0.435 e. The van der Waals surface area contributed by atoms with E-state index in [2.05, 4.69) is 38.8 Å². The molecule has 0 spiro atoms. The van der Waals surface area contributed by atoms with Crippen LogP contribution in [-0.2, 0) is 0 Å². The van der Waals surface area contributed by atoms with Gasteiger partial charge in [-0.25, -0.2) is 9.97 Å². The molecule has 3 aromatic heterocycles. The number of rotatable bonds is 2. The van der Waals surface area contributed by atoms with Gasteiger partial charge in [-0.1, -0.05) is 12.1 Å². The second kappa shape index (κ2) is 5.46. The maximum absolute atomic E-state index is 8.55. The van der Waals surface area contributed by atoms with Gasteiger partial charge >= 0.3 is 0 Å². The molecule has 0 fully saturated rings. The number of furan rings is 1. The van der Waals surface area contributed by atoms with E-state index >= 15 is 0 Å². The molecule has 4 aromatic rings. The van der Waals surface area contributed by atoms with E-state index in [1.54, 1.807) is 12.4 Å². The summed E-state index contributed by atoms with van der Waals surface area (Å²) < 4.78 is 14.7. The lowest BCUT2D eigenvalue weighted by Crippen LogP contribution is -2.33. The predicted molar refractivity (Wildman–Crippen MR) is 105 cm³/mol. The third-order valence-electron chi connectivity index (χ3n) is 5.00. The highest BCUT2D eigenvalue weighted by molar-refractivity contribution is 6.09. The first-order valence-corrected chi connectivity index (χ1v) is 8.72. The molecule has 0 amide bonds. The van der Waals surface area contributed by atoms with Gasteiger partial charge in [-0.15, -0.1) is 0 Å². The van der Waals surface area contributed by atoms with Crippen molar-refractivity contribution >= 4 is 39.3 Å². The Morgan fingerprint density at radius 3 is 2.73 bits per heavy atom. The Hall–Kier alpha value is -3.08. The Morgan fingerprint density at radius 2 is 1.88 bits per heavy atom. The first-order chi connectivity index (χ1) is 12.9. The van der Waals surface area contributed by atoms with Crippen molar-refractivity contribution in [3.63, 3.8) is 0 Å². The minimum absolute atomic E-state index is 0.549. The highest BCUT2D eigenvalue weighted by atomic mass is 16.3. The maximum Gasteiger partial charge on any atom is 0.227 e. The molecule has 0 saturated carbocycles. The van der Waals surface area contributed by atoms with Gasteiger partial charge in [0, 0.05) is 29.2 Å². The van der Waals surface area contributed by atoms with Crippen molar-refractivity contribution in [2.45, 2.75) is 26.8 Å². The number of aromatic nitrogens is 2.